The third kappa shape index (κ3) is 2.33. The van der Waals surface area contributed by atoms with Gasteiger partial charge in [-0.2, -0.15) is 0 Å². The SMILES string of the molecule is COc1ccc(-c2c3ccccc3cc3cc4ccccc4cc23)cc1. The lowest BCUT2D eigenvalue weighted by Crippen LogP contribution is -1.87. The molecule has 5 aromatic rings. The topological polar surface area (TPSA) is 9.23 Å². The molecule has 0 unspecified atom stereocenters. The minimum Gasteiger partial charge on any atom is -0.497 e. The molecule has 0 atom stereocenters. The maximum atomic E-state index is 5.34. The molecule has 0 heterocycles. The monoisotopic (exact) mass is 334 g/mol. The molecular weight excluding hydrogens is 316 g/mol. The number of ether oxygens (including phenoxy) is 1. The minimum absolute atomic E-state index is 0.878. The predicted molar refractivity (Wildman–Crippen MR) is 111 cm³/mol. The summed E-state index contributed by atoms with van der Waals surface area (Å²) in [6.45, 7) is 0. The highest BCUT2D eigenvalue weighted by atomic mass is 16.5. The molecule has 0 aliphatic heterocycles. The molecule has 1 heteroatoms. The summed E-state index contributed by atoms with van der Waals surface area (Å²) in [6, 6.07) is 32.4. The average Bonchev–Trinajstić information content (AvgIpc) is 2.70. The van der Waals surface area contributed by atoms with Gasteiger partial charge in [-0.25, -0.2) is 0 Å². The molecule has 5 rings (SSSR count). The summed E-state index contributed by atoms with van der Waals surface area (Å²) >= 11 is 0. The van der Waals surface area contributed by atoms with Gasteiger partial charge in [0.25, 0.3) is 0 Å². The van der Waals surface area contributed by atoms with Gasteiger partial charge in [-0.3, -0.25) is 0 Å². The highest BCUT2D eigenvalue weighted by molar-refractivity contribution is 6.15. The zero-order valence-electron chi connectivity index (χ0n) is 14.6. The van der Waals surface area contributed by atoms with E-state index in [-0.39, 0.29) is 0 Å². The summed E-state index contributed by atoms with van der Waals surface area (Å²) in [4.78, 5) is 0. The van der Waals surface area contributed by atoms with E-state index in [1.54, 1.807) is 7.11 Å². The van der Waals surface area contributed by atoms with Gasteiger partial charge in [-0.1, -0.05) is 60.7 Å². The summed E-state index contributed by atoms with van der Waals surface area (Å²) in [7, 11) is 1.70. The fourth-order valence-electron chi connectivity index (χ4n) is 3.83. The quantitative estimate of drug-likeness (QED) is 0.322. The second kappa shape index (κ2) is 5.89. The first-order valence-electron chi connectivity index (χ1n) is 8.82. The Labute approximate surface area is 152 Å². The van der Waals surface area contributed by atoms with E-state index in [1.165, 1.54) is 43.4 Å². The van der Waals surface area contributed by atoms with Gasteiger partial charge in [-0.05, 0) is 73.8 Å². The number of benzene rings is 5. The van der Waals surface area contributed by atoms with Crippen LogP contribution in [0.4, 0.5) is 0 Å². The van der Waals surface area contributed by atoms with Crippen LogP contribution in [-0.4, -0.2) is 7.11 Å². The van der Waals surface area contributed by atoms with Gasteiger partial charge in [0.2, 0.25) is 0 Å². The van der Waals surface area contributed by atoms with E-state index in [2.05, 4.69) is 78.9 Å². The molecule has 0 amide bonds. The molecule has 0 aliphatic rings. The predicted octanol–water partition coefficient (Wildman–Crippen LogP) is 6.82. The number of rotatable bonds is 2. The van der Waals surface area contributed by atoms with Crippen molar-refractivity contribution in [2.75, 3.05) is 7.11 Å². The van der Waals surface area contributed by atoms with Crippen LogP contribution in [0, 0.1) is 0 Å². The molecule has 0 spiro atoms. The Morgan fingerprint density at radius 2 is 1.15 bits per heavy atom. The van der Waals surface area contributed by atoms with E-state index >= 15 is 0 Å². The summed E-state index contributed by atoms with van der Waals surface area (Å²) in [5.41, 5.74) is 2.49. The highest BCUT2D eigenvalue weighted by Gasteiger charge is 2.11. The lowest BCUT2D eigenvalue weighted by atomic mass is 9.90. The van der Waals surface area contributed by atoms with E-state index in [4.69, 9.17) is 4.74 Å². The van der Waals surface area contributed by atoms with Crippen molar-refractivity contribution in [1.82, 2.24) is 0 Å². The van der Waals surface area contributed by atoms with Gasteiger partial charge < -0.3 is 4.74 Å². The standard InChI is InChI=1S/C25H18O/c1-26-22-12-10-17(11-13-22)25-23-9-5-4-8-20(23)15-21-14-18-6-2-3-7-19(18)16-24(21)25/h2-16H,1H3. The molecule has 0 saturated heterocycles. The van der Waals surface area contributed by atoms with Crippen molar-refractivity contribution in [3.05, 3.63) is 91.0 Å². The first-order valence-corrected chi connectivity index (χ1v) is 8.82. The van der Waals surface area contributed by atoms with Crippen LogP contribution in [0.2, 0.25) is 0 Å². The van der Waals surface area contributed by atoms with Gasteiger partial charge in [0, 0.05) is 0 Å². The minimum atomic E-state index is 0.878. The van der Waals surface area contributed by atoms with Crippen LogP contribution in [0.1, 0.15) is 0 Å². The van der Waals surface area contributed by atoms with E-state index in [0.29, 0.717) is 0 Å². The number of hydrogen-bond acceptors (Lipinski definition) is 1. The van der Waals surface area contributed by atoms with Gasteiger partial charge in [0.1, 0.15) is 5.75 Å². The summed E-state index contributed by atoms with van der Waals surface area (Å²) in [5, 5.41) is 7.64. The molecule has 0 fully saturated rings. The third-order valence-corrected chi connectivity index (χ3v) is 5.11. The van der Waals surface area contributed by atoms with Gasteiger partial charge in [0.15, 0.2) is 0 Å². The van der Waals surface area contributed by atoms with Crippen molar-refractivity contribution in [3.63, 3.8) is 0 Å². The Kier molecular flexibility index (Phi) is 3.39. The highest BCUT2D eigenvalue weighted by Crippen LogP contribution is 2.38. The maximum absolute atomic E-state index is 5.34. The van der Waals surface area contributed by atoms with Gasteiger partial charge >= 0.3 is 0 Å². The molecule has 0 radical (unpaired) electrons. The van der Waals surface area contributed by atoms with E-state index < -0.39 is 0 Å². The van der Waals surface area contributed by atoms with Crippen LogP contribution in [0.25, 0.3) is 43.4 Å². The molecule has 0 saturated carbocycles. The van der Waals surface area contributed by atoms with E-state index in [0.717, 1.165) is 5.75 Å². The molecule has 0 aromatic heterocycles. The fourth-order valence-corrected chi connectivity index (χ4v) is 3.83. The van der Waals surface area contributed by atoms with Gasteiger partial charge in [-0.15, -0.1) is 0 Å². The molecule has 5 aromatic carbocycles. The molecule has 0 aliphatic carbocycles. The third-order valence-electron chi connectivity index (χ3n) is 5.11. The fraction of sp³-hybridized carbons (Fsp3) is 0.0400. The second-order valence-electron chi connectivity index (χ2n) is 6.62. The Bertz CT molecular complexity index is 1240. The Morgan fingerprint density at radius 3 is 1.88 bits per heavy atom. The molecule has 26 heavy (non-hydrogen) atoms. The van der Waals surface area contributed by atoms with Crippen molar-refractivity contribution in [1.29, 1.82) is 0 Å². The van der Waals surface area contributed by atoms with Crippen LogP contribution in [-0.2, 0) is 0 Å². The van der Waals surface area contributed by atoms with Crippen molar-refractivity contribution in [2.45, 2.75) is 0 Å². The second-order valence-corrected chi connectivity index (χ2v) is 6.62. The zero-order valence-corrected chi connectivity index (χ0v) is 14.6. The normalized spacial score (nSPS) is 11.3. The van der Waals surface area contributed by atoms with Crippen molar-refractivity contribution < 1.29 is 4.74 Å². The molecule has 1 nitrogen and oxygen atoms in total. The van der Waals surface area contributed by atoms with Crippen molar-refractivity contribution in [2.24, 2.45) is 0 Å². The van der Waals surface area contributed by atoms with E-state index in [9.17, 15) is 0 Å². The molecule has 124 valence electrons. The number of methoxy groups -OCH3 is 1. The van der Waals surface area contributed by atoms with Crippen LogP contribution >= 0.6 is 0 Å². The maximum Gasteiger partial charge on any atom is 0.118 e. The lowest BCUT2D eigenvalue weighted by molar-refractivity contribution is 0.415. The Balaban J connectivity index is 1.93. The van der Waals surface area contributed by atoms with Crippen LogP contribution < -0.4 is 4.74 Å². The van der Waals surface area contributed by atoms with Crippen molar-refractivity contribution >= 4 is 32.3 Å². The number of fused-ring (bicyclic) bond motifs is 3. The summed E-state index contributed by atoms with van der Waals surface area (Å²) in [6.07, 6.45) is 0. The lowest BCUT2D eigenvalue weighted by Gasteiger charge is -2.13. The molecular formula is C25H18O. The first kappa shape index (κ1) is 15.0. The van der Waals surface area contributed by atoms with Crippen LogP contribution in [0.15, 0.2) is 91.0 Å². The Hall–Kier alpha value is -3.32. The van der Waals surface area contributed by atoms with Crippen LogP contribution in [0.3, 0.4) is 0 Å². The largest absolute Gasteiger partial charge is 0.497 e. The zero-order chi connectivity index (χ0) is 17.5. The first-order chi connectivity index (χ1) is 12.8. The number of hydrogen-bond donors (Lipinski definition) is 0. The summed E-state index contributed by atoms with van der Waals surface area (Å²) < 4.78 is 5.34. The summed E-state index contributed by atoms with van der Waals surface area (Å²) in [5.74, 6) is 0.878. The van der Waals surface area contributed by atoms with E-state index in [1.807, 2.05) is 12.1 Å². The van der Waals surface area contributed by atoms with Crippen LogP contribution in [0.5, 0.6) is 5.75 Å². The Morgan fingerprint density at radius 1 is 0.538 bits per heavy atom. The molecule has 0 N–H and O–H groups in total. The van der Waals surface area contributed by atoms with Crippen molar-refractivity contribution in [3.8, 4) is 16.9 Å². The average molecular weight is 334 g/mol. The smallest absolute Gasteiger partial charge is 0.118 e. The molecule has 0 bridgehead atoms. The van der Waals surface area contributed by atoms with Gasteiger partial charge in [0.05, 0.1) is 7.11 Å².